The molecule has 1 amide bonds. The Kier molecular flexibility index (Phi) is 5.54. The van der Waals surface area contributed by atoms with Crippen LogP contribution in [-0.2, 0) is 6.42 Å². The van der Waals surface area contributed by atoms with Gasteiger partial charge in [-0.2, -0.15) is 5.10 Å². The summed E-state index contributed by atoms with van der Waals surface area (Å²) in [5.41, 5.74) is 3.91. The predicted octanol–water partition coefficient (Wildman–Crippen LogP) is 1.49. The van der Waals surface area contributed by atoms with Gasteiger partial charge in [0.25, 0.3) is 5.91 Å². The van der Waals surface area contributed by atoms with Crippen molar-refractivity contribution >= 4 is 23.2 Å². The van der Waals surface area contributed by atoms with Crippen molar-refractivity contribution in [3.63, 3.8) is 0 Å². The molecule has 0 radical (unpaired) electrons. The first-order valence-electron chi connectivity index (χ1n) is 8.70. The summed E-state index contributed by atoms with van der Waals surface area (Å²) in [6.45, 7) is 3.50. The lowest BCUT2D eigenvalue weighted by molar-refractivity contribution is -0.856. The van der Waals surface area contributed by atoms with Gasteiger partial charge in [0.05, 0.1) is 44.1 Å². The Morgan fingerprint density at radius 2 is 2.00 bits per heavy atom. The zero-order valence-electron chi connectivity index (χ0n) is 15.2. The summed E-state index contributed by atoms with van der Waals surface area (Å²) < 4.78 is 1.76. The highest BCUT2D eigenvalue weighted by Gasteiger charge is 2.16. The van der Waals surface area contributed by atoms with E-state index in [0.717, 1.165) is 29.1 Å². The Morgan fingerprint density at radius 3 is 2.65 bits per heavy atom. The normalized spacial score (nSPS) is 11.3. The lowest BCUT2D eigenvalue weighted by atomic mass is 10.1. The van der Waals surface area contributed by atoms with E-state index in [9.17, 15) is 4.79 Å². The molecule has 136 valence electrons. The maximum absolute atomic E-state index is 12.5. The van der Waals surface area contributed by atoms with E-state index in [0.29, 0.717) is 23.6 Å². The van der Waals surface area contributed by atoms with Gasteiger partial charge in [-0.15, -0.1) is 0 Å². The molecule has 2 aromatic heterocycles. The minimum atomic E-state index is -0.110. The number of carbonyl (C=O) groups is 1. The predicted molar refractivity (Wildman–Crippen MR) is 103 cm³/mol. The smallest absolute Gasteiger partial charge is 0.254 e. The van der Waals surface area contributed by atoms with Gasteiger partial charge in [-0.05, 0) is 18.6 Å². The highest BCUT2D eigenvalue weighted by atomic mass is 35.5. The molecule has 0 fully saturated rings. The number of quaternary nitrogens is 1. The molecule has 3 rings (SSSR count). The fraction of sp³-hybridized carbons (Fsp3) is 0.316. The zero-order valence-corrected chi connectivity index (χ0v) is 16.0. The molecule has 0 aliphatic heterocycles. The molecule has 2 N–H and O–H groups in total. The van der Waals surface area contributed by atoms with E-state index in [1.54, 1.807) is 10.7 Å². The Hall–Kier alpha value is -2.44. The van der Waals surface area contributed by atoms with Crippen LogP contribution in [0.5, 0.6) is 0 Å². The Balaban J connectivity index is 1.94. The number of fused-ring (bicyclic) bond motifs is 1. The number of aryl methyl sites for hydroxylation is 1. The summed E-state index contributed by atoms with van der Waals surface area (Å²) in [5, 5.41) is 8.30. The van der Waals surface area contributed by atoms with Gasteiger partial charge >= 0.3 is 0 Å². The van der Waals surface area contributed by atoms with Crippen LogP contribution in [0, 0.1) is 0 Å². The van der Waals surface area contributed by atoms with Crippen LogP contribution in [0.3, 0.4) is 0 Å². The van der Waals surface area contributed by atoms with Gasteiger partial charge < -0.3 is 10.2 Å². The van der Waals surface area contributed by atoms with E-state index in [1.807, 2.05) is 37.3 Å². The van der Waals surface area contributed by atoms with Gasteiger partial charge in [0, 0.05) is 22.8 Å². The lowest BCUT2D eigenvalue weighted by Crippen LogP contribution is -3.06. The molecule has 0 bridgehead atoms. The first-order chi connectivity index (χ1) is 12.5. The van der Waals surface area contributed by atoms with Crippen LogP contribution in [-0.4, -0.2) is 47.7 Å². The molecular formula is C19H23ClN5O+. The molecule has 0 atom stereocenters. The number of carbonyl (C=O) groups excluding carboxylic acids is 1. The van der Waals surface area contributed by atoms with Gasteiger partial charge in [0.15, 0.2) is 5.65 Å². The molecule has 7 heteroatoms. The fourth-order valence-electron chi connectivity index (χ4n) is 2.79. The van der Waals surface area contributed by atoms with Crippen molar-refractivity contribution < 1.29 is 9.69 Å². The number of benzene rings is 1. The number of rotatable bonds is 6. The van der Waals surface area contributed by atoms with Gasteiger partial charge in [-0.3, -0.25) is 4.79 Å². The molecule has 6 nitrogen and oxygen atoms in total. The van der Waals surface area contributed by atoms with E-state index in [2.05, 4.69) is 29.5 Å². The molecule has 1 aromatic carbocycles. The largest absolute Gasteiger partial charge is 0.346 e. The minimum Gasteiger partial charge on any atom is -0.346 e. The van der Waals surface area contributed by atoms with Crippen molar-refractivity contribution in [2.45, 2.75) is 13.3 Å². The van der Waals surface area contributed by atoms with E-state index in [4.69, 9.17) is 11.6 Å². The molecule has 0 saturated carbocycles. The molecule has 26 heavy (non-hydrogen) atoms. The number of hydrogen-bond acceptors (Lipinski definition) is 3. The van der Waals surface area contributed by atoms with Gasteiger partial charge in [0.1, 0.15) is 0 Å². The van der Waals surface area contributed by atoms with Crippen molar-refractivity contribution in [2.75, 3.05) is 27.2 Å². The van der Waals surface area contributed by atoms with E-state index >= 15 is 0 Å². The number of hydrogen-bond donors (Lipinski definition) is 2. The second-order valence-corrected chi connectivity index (χ2v) is 6.93. The third-order valence-electron chi connectivity index (χ3n) is 4.21. The van der Waals surface area contributed by atoms with Crippen molar-refractivity contribution in [2.24, 2.45) is 0 Å². The second-order valence-electron chi connectivity index (χ2n) is 6.49. The summed E-state index contributed by atoms with van der Waals surface area (Å²) in [7, 11) is 4.11. The third-order valence-corrected chi connectivity index (χ3v) is 4.47. The maximum Gasteiger partial charge on any atom is 0.254 e. The summed E-state index contributed by atoms with van der Waals surface area (Å²) in [6.07, 6.45) is 2.32. The number of amides is 1. The Bertz CT molecular complexity index is 918. The average molecular weight is 373 g/mol. The highest BCUT2D eigenvalue weighted by molar-refractivity contribution is 6.30. The van der Waals surface area contributed by atoms with Crippen LogP contribution in [0.4, 0.5) is 0 Å². The van der Waals surface area contributed by atoms with E-state index < -0.39 is 0 Å². The highest BCUT2D eigenvalue weighted by Crippen LogP contribution is 2.22. The molecule has 0 unspecified atom stereocenters. The number of nitrogens with zero attached hydrogens (tertiary/aromatic N) is 3. The molecule has 0 aliphatic carbocycles. The van der Waals surface area contributed by atoms with Crippen LogP contribution in [0.15, 0.2) is 36.5 Å². The molecular weight excluding hydrogens is 350 g/mol. The maximum atomic E-state index is 12.5. The lowest BCUT2D eigenvalue weighted by Gasteiger charge is -2.11. The van der Waals surface area contributed by atoms with Crippen molar-refractivity contribution in [3.8, 4) is 11.3 Å². The number of nitrogens with one attached hydrogen (secondary N) is 2. The SMILES string of the molecule is CCc1c(C(=O)NCC[NH+](C)C)cnc2cc(-c3ccc(Cl)cc3)nn12. The second kappa shape index (κ2) is 7.85. The first kappa shape index (κ1) is 18.4. The van der Waals surface area contributed by atoms with Gasteiger partial charge in [-0.1, -0.05) is 30.7 Å². The zero-order chi connectivity index (χ0) is 18.7. The molecule has 0 aliphatic rings. The standard InChI is InChI=1S/C19H22ClN5O/c1-4-17-15(19(26)21-9-10-24(2)3)12-22-18-11-16(23-25(17)18)13-5-7-14(20)8-6-13/h5-8,11-12H,4,9-10H2,1-3H3,(H,21,26)/p+1. The van der Waals surface area contributed by atoms with Crippen molar-refractivity contribution in [3.05, 3.63) is 52.8 Å². The monoisotopic (exact) mass is 372 g/mol. The van der Waals surface area contributed by atoms with Crippen LogP contribution < -0.4 is 10.2 Å². The van der Waals surface area contributed by atoms with E-state index in [-0.39, 0.29) is 5.91 Å². The number of halogens is 1. The van der Waals surface area contributed by atoms with Crippen LogP contribution >= 0.6 is 11.6 Å². The molecule has 3 aromatic rings. The van der Waals surface area contributed by atoms with E-state index in [1.165, 1.54) is 4.90 Å². The van der Waals surface area contributed by atoms with Gasteiger partial charge in [-0.25, -0.2) is 9.50 Å². The fourth-order valence-corrected chi connectivity index (χ4v) is 2.92. The van der Waals surface area contributed by atoms with Crippen LogP contribution in [0.2, 0.25) is 5.02 Å². The summed E-state index contributed by atoms with van der Waals surface area (Å²) in [5.74, 6) is -0.110. The topological polar surface area (TPSA) is 63.7 Å². The summed E-state index contributed by atoms with van der Waals surface area (Å²) in [4.78, 5) is 18.3. The first-order valence-corrected chi connectivity index (χ1v) is 9.08. The van der Waals surface area contributed by atoms with Crippen molar-refractivity contribution in [1.82, 2.24) is 19.9 Å². The average Bonchev–Trinajstić information content (AvgIpc) is 3.05. The number of likely N-dealkylation sites (N-methyl/N-ethyl adjacent to an activating group) is 1. The summed E-state index contributed by atoms with van der Waals surface area (Å²) >= 11 is 5.96. The quantitative estimate of drug-likeness (QED) is 0.689. The molecule has 0 spiro atoms. The molecule has 2 heterocycles. The van der Waals surface area contributed by atoms with Crippen molar-refractivity contribution in [1.29, 1.82) is 0 Å². The molecule has 0 saturated heterocycles. The number of aromatic nitrogens is 3. The van der Waals surface area contributed by atoms with Crippen LogP contribution in [0.25, 0.3) is 16.9 Å². The minimum absolute atomic E-state index is 0.110. The van der Waals surface area contributed by atoms with Crippen LogP contribution in [0.1, 0.15) is 23.0 Å². The summed E-state index contributed by atoms with van der Waals surface area (Å²) in [6, 6.07) is 9.43. The third kappa shape index (κ3) is 3.86. The Labute approximate surface area is 157 Å². The van der Waals surface area contributed by atoms with Gasteiger partial charge in [0.2, 0.25) is 0 Å². The Morgan fingerprint density at radius 1 is 1.27 bits per heavy atom.